The van der Waals surface area contributed by atoms with Crippen LogP contribution < -0.4 is 16.4 Å². The van der Waals surface area contributed by atoms with Gasteiger partial charge in [0.2, 0.25) is 5.91 Å². The van der Waals surface area contributed by atoms with Crippen molar-refractivity contribution in [2.75, 3.05) is 13.1 Å². The fourth-order valence-electron chi connectivity index (χ4n) is 2.55. The number of benzene rings is 1. The molecule has 0 aromatic heterocycles. The second-order valence-electron chi connectivity index (χ2n) is 6.44. The molecule has 4 N–H and O–H groups in total. The lowest BCUT2D eigenvalue weighted by atomic mass is 10.1. The molecule has 1 heterocycles. The van der Waals surface area contributed by atoms with Crippen LogP contribution in [0.3, 0.4) is 0 Å². The third-order valence-corrected chi connectivity index (χ3v) is 3.98. The number of nitrogens with zero attached hydrogens (tertiary/aromatic N) is 1. The quantitative estimate of drug-likeness (QED) is 0.646. The van der Waals surface area contributed by atoms with E-state index < -0.39 is 11.6 Å². The number of nitrogens with one attached hydrogen (secondary N) is 2. The number of amides is 4. The van der Waals surface area contributed by atoms with Crippen LogP contribution in [0, 0.1) is 0 Å². The minimum absolute atomic E-state index is 0.146. The van der Waals surface area contributed by atoms with Gasteiger partial charge >= 0.3 is 6.03 Å². The molecule has 1 aliphatic rings. The van der Waals surface area contributed by atoms with Crippen LogP contribution in [0.25, 0.3) is 0 Å². The smallest absolute Gasteiger partial charge is 0.325 e. The van der Waals surface area contributed by atoms with Gasteiger partial charge in [-0.15, -0.1) is 0 Å². The molecular weight excluding hydrogens is 308 g/mol. The van der Waals surface area contributed by atoms with Crippen LogP contribution in [0.2, 0.25) is 0 Å². The van der Waals surface area contributed by atoms with Gasteiger partial charge in [0.25, 0.3) is 5.91 Å². The van der Waals surface area contributed by atoms with Gasteiger partial charge in [0.05, 0.1) is 0 Å². The van der Waals surface area contributed by atoms with Crippen molar-refractivity contribution in [2.24, 2.45) is 5.73 Å². The van der Waals surface area contributed by atoms with E-state index in [1.807, 2.05) is 30.3 Å². The summed E-state index contributed by atoms with van der Waals surface area (Å²) in [5.74, 6) is -0.410. The van der Waals surface area contributed by atoms with Gasteiger partial charge in [0, 0.05) is 25.6 Å². The first-order chi connectivity index (χ1) is 11.3. The number of hydrogen-bond donors (Lipinski definition) is 3. The van der Waals surface area contributed by atoms with Gasteiger partial charge in [0.15, 0.2) is 0 Å². The summed E-state index contributed by atoms with van der Waals surface area (Å²) in [7, 11) is 0. The van der Waals surface area contributed by atoms with Gasteiger partial charge in [-0.1, -0.05) is 30.3 Å². The molecule has 4 amide bonds. The minimum Gasteiger partial charge on any atom is -0.354 e. The molecule has 1 atom stereocenters. The lowest BCUT2D eigenvalue weighted by molar-refractivity contribution is -0.130. The zero-order valence-electron chi connectivity index (χ0n) is 14.0. The summed E-state index contributed by atoms with van der Waals surface area (Å²) in [5.41, 5.74) is 6.10. The van der Waals surface area contributed by atoms with Gasteiger partial charge in [-0.3, -0.25) is 14.5 Å². The predicted octanol–water partition coefficient (Wildman–Crippen LogP) is 0.913. The molecule has 0 saturated carbocycles. The first-order valence-corrected chi connectivity index (χ1v) is 8.02. The number of imide groups is 1. The standard InChI is InChI=1S/C17H24N4O3/c1-17(2)15(23)21(16(24)20-17)10-6-9-14(22)19-11-13(18)12-7-4-3-5-8-12/h3-5,7-8,13H,6,9-11,18H2,1-2H3,(H,19,22)(H,20,24). The SMILES string of the molecule is CC1(C)NC(=O)N(CCCC(=O)NCC(N)c2ccccc2)C1=O. The summed E-state index contributed by atoms with van der Waals surface area (Å²) >= 11 is 0. The molecule has 2 rings (SSSR count). The molecule has 0 radical (unpaired) electrons. The van der Waals surface area contributed by atoms with Crippen LogP contribution in [-0.4, -0.2) is 41.4 Å². The van der Waals surface area contributed by atoms with Crippen LogP contribution >= 0.6 is 0 Å². The number of nitrogens with two attached hydrogens (primary N) is 1. The van der Waals surface area contributed by atoms with Crippen molar-refractivity contribution >= 4 is 17.8 Å². The largest absolute Gasteiger partial charge is 0.354 e. The molecule has 0 spiro atoms. The van der Waals surface area contributed by atoms with Crippen molar-refractivity contribution in [1.29, 1.82) is 0 Å². The Bertz CT molecular complexity index is 616. The van der Waals surface area contributed by atoms with Crippen molar-refractivity contribution < 1.29 is 14.4 Å². The average Bonchev–Trinajstić information content (AvgIpc) is 2.75. The zero-order valence-corrected chi connectivity index (χ0v) is 14.0. The molecule has 1 aromatic carbocycles. The maximum atomic E-state index is 12.0. The number of urea groups is 1. The molecule has 7 heteroatoms. The summed E-state index contributed by atoms with van der Waals surface area (Å²) in [4.78, 5) is 36.8. The highest BCUT2D eigenvalue weighted by Gasteiger charge is 2.43. The van der Waals surface area contributed by atoms with Gasteiger partial charge in [0.1, 0.15) is 5.54 Å². The second kappa shape index (κ2) is 7.44. The molecule has 1 saturated heterocycles. The van der Waals surface area contributed by atoms with Crippen LogP contribution in [0.15, 0.2) is 30.3 Å². The molecule has 1 aromatic rings. The Labute approximate surface area is 141 Å². The minimum atomic E-state index is -0.873. The Balaban J connectivity index is 1.70. The molecule has 1 fully saturated rings. The van der Waals surface area contributed by atoms with E-state index in [-0.39, 0.29) is 30.8 Å². The van der Waals surface area contributed by atoms with Crippen LogP contribution in [0.1, 0.15) is 38.3 Å². The number of rotatable bonds is 7. The molecule has 1 aliphatic heterocycles. The Kier molecular flexibility index (Phi) is 5.56. The fourth-order valence-corrected chi connectivity index (χ4v) is 2.55. The van der Waals surface area contributed by atoms with E-state index in [2.05, 4.69) is 10.6 Å². The second-order valence-corrected chi connectivity index (χ2v) is 6.44. The molecule has 24 heavy (non-hydrogen) atoms. The molecule has 1 unspecified atom stereocenters. The number of carbonyl (C=O) groups excluding carboxylic acids is 3. The molecule has 0 bridgehead atoms. The Morgan fingerprint density at radius 3 is 2.54 bits per heavy atom. The lowest BCUT2D eigenvalue weighted by Crippen LogP contribution is -2.40. The van der Waals surface area contributed by atoms with Gasteiger partial charge in [-0.25, -0.2) is 4.79 Å². The molecule has 7 nitrogen and oxygen atoms in total. The van der Waals surface area contributed by atoms with E-state index in [4.69, 9.17) is 5.73 Å². The van der Waals surface area contributed by atoms with E-state index in [0.29, 0.717) is 13.0 Å². The van der Waals surface area contributed by atoms with Gasteiger partial charge < -0.3 is 16.4 Å². The van der Waals surface area contributed by atoms with Gasteiger partial charge in [-0.2, -0.15) is 0 Å². The summed E-state index contributed by atoms with van der Waals surface area (Å²) in [5, 5.41) is 5.39. The van der Waals surface area contributed by atoms with E-state index in [1.54, 1.807) is 13.8 Å². The van der Waals surface area contributed by atoms with Crippen LogP contribution in [-0.2, 0) is 9.59 Å². The Morgan fingerprint density at radius 1 is 1.29 bits per heavy atom. The first-order valence-electron chi connectivity index (χ1n) is 8.02. The first kappa shape index (κ1) is 17.9. The van der Waals surface area contributed by atoms with Gasteiger partial charge in [-0.05, 0) is 25.8 Å². The number of carbonyl (C=O) groups is 3. The van der Waals surface area contributed by atoms with E-state index in [9.17, 15) is 14.4 Å². The summed E-state index contributed by atoms with van der Waals surface area (Å²) < 4.78 is 0. The maximum Gasteiger partial charge on any atom is 0.325 e. The number of hydrogen-bond acceptors (Lipinski definition) is 4. The topological polar surface area (TPSA) is 105 Å². The summed E-state index contributed by atoms with van der Waals surface area (Å²) in [6, 6.07) is 8.87. The van der Waals surface area contributed by atoms with E-state index in [0.717, 1.165) is 10.5 Å². The molecular formula is C17H24N4O3. The van der Waals surface area contributed by atoms with E-state index in [1.165, 1.54) is 0 Å². The highest BCUT2D eigenvalue weighted by Crippen LogP contribution is 2.17. The fraction of sp³-hybridized carbons (Fsp3) is 0.471. The van der Waals surface area contributed by atoms with Crippen molar-refractivity contribution in [3.05, 3.63) is 35.9 Å². The highest BCUT2D eigenvalue weighted by atomic mass is 16.2. The van der Waals surface area contributed by atoms with Crippen LogP contribution in [0.5, 0.6) is 0 Å². The Hall–Kier alpha value is -2.41. The van der Waals surface area contributed by atoms with Crippen molar-refractivity contribution in [2.45, 2.75) is 38.3 Å². The third kappa shape index (κ3) is 4.32. The predicted molar refractivity (Wildman–Crippen MR) is 89.9 cm³/mol. The zero-order chi connectivity index (χ0) is 17.7. The third-order valence-electron chi connectivity index (χ3n) is 3.98. The van der Waals surface area contributed by atoms with Crippen molar-refractivity contribution in [3.8, 4) is 0 Å². The summed E-state index contributed by atoms with van der Waals surface area (Å²) in [6.07, 6.45) is 0.653. The van der Waals surface area contributed by atoms with Crippen molar-refractivity contribution in [1.82, 2.24) is 15.5 Å². The Morgan fingerprint density at radius 2 is 1.96 bits per heavy atom. The monoisotopic (exact) mass is 332 g/mol. The van der Waals surface area contributed by atoms with Crippen molar-refractivity contribution in [3.63, 3.8) is 0 Å². The molecule has 130 valence electrons. The van der Waals surface area contributed by atoms with E-state index >= 15 is 0 Å². The highest BCUT2D eigenvalue weighted by molar-refractivity contribution is 6.06. The maximum absolute atomic E-state index is 12.0. The molecule has 0 aliphatic carbocycles. The average molecular weight is 332 g/mol. The lowest BCUT2D eigenvalue weighted by Gasteiger charge is -2.16. The normalized spacial score (nSPS) is 17.5. The summed E-state index contributed by atoms with van der Waals surface area (Å²) in [6.45, 7) is 3.89. The van der Waals surface area contributed by atoms with Crippen LogP contribution in [0.4, 0.5) is 4.79 Å².